The van der Waals surface area contributed by atoms with Crippen molar-refractivity contribution in [1.82, 2.24) is 9.80 Å². The number of ketones is 1. The first kappa shape index (κ1) is 24.4. The number of carbonyl (C=O) groups is 2. The molecule has 0 aromatic heterocycles. The second kappa shape index (κ2) is 10.3. The molecule has 0 bridgehead atoms. The zero-order chi connectivity index (χ0) is 25.1. The largest absolute Gasteiger partial charge is 0.507 e. The number of aryl methyl sites for hydroxylation is 1. The molecule has 4 rings (SSSR count). The Morgan fingerprint density at radius 3 is 2.54 bits per heavy atom. The number of amides is 1. The van der Waals surface area contributed by atoms with Crippen molar-refractivity contribution in [3.8, 4) is 23.0 Å². The first-order chi connectivity index (χ1) is 16.9. The van der Waals surface area contributed by atoms with Crippen molar-refractivity contribution < 1.29 is 33.6 Å². The molecule has 0 saturated carbocycles. The van der Waals surface area contributed by atoms with Crippen LogP contribution in [0.2, 0.25) is 0 Å². The van der Waals surface area contributed by atoms with E-state index in [0.717, 1.165) is 0 Å². The zero-order valence-corrected chi connectivity index (χ0v) is 20.4. The van der Waals surface area contributed by atoms with Gasteiger partial charge in [0.05, 0.1) is 32.0 Å². The van der Waals surface area contributed by atoms with E-state index in [1.807, 2.05) is 0 Å². The number of Topliss-reactive ketones (excluding diaryl/α,β-unsaturated/α-hetero) is 1. The van der Waals surface area contributed by atoms with E-state index in [0.29, 0.717) is 78.8 Å². The number of aromatic hydroxyl groups is 1. The van der Waals surface area contributed by atoms with Crippen LogP contribution >= 0.6 is 0 Å². The summed E-state index contributed by atoms with van der Waals surface area (Å²) in [5.41, 5.74) is 2.27. The minimum atomic E-state index is -0.317. The van der Waals surface area contributed by atoms with Crippen LogP contribution in [0.4, 0.5) is 4.79 Å². The highest BCUT2D eigenvalue weighted by atomic mass is 16.6. The van der Waals surface area contributed by atoms with E-state index in [1.54, 1.807) is 63.3 Å². The Bertz CT molecular complexity index is 1170. The Morgan fingerprint density at radius 2 is 1.89 bits per heavy atom. The van der Waals surface area contributed by atoms with Crippen molar-refractivity contribution in [3.63, 3.8) is 0 Å². The van der Waals surface area contributed by atoms with Crippen LogP contribution in [-0.2, 0) is 11.3 Å². The lowest BCUT2D eigenvalue weighted by atomic mass is 9.99. The zero-order valence-electron chi connectivity index (χ0n) is 20.4. The van der Waals surface area contributed by atoms with Crippen molar-refractivity contribution in [2.24, 2.45) is 0 Å². The maximum absolute atomic E-state index is 13.3. The molecule has 35 heavy (non-hydrogen) atoms. The molecule has 0 atom stereocenters. The van der Waals surface area contributed by atoms with E-state index in [9.17, 15) is 14.7 Å². The van der Waals surface area contributed by atoms with Crippen molar-refractivity contribution in [2.75, 3.05) is 47.0 Å². The van der Waals surface area contributed by atoms with E-state index < -0.39 is 0 Å². The Kier molecular flexibility index (Phi) is 7.16. The van der Waals surface area contributed by atoms with Gasteiger partial charge in [0.25, 0.3) is 0 Å². The quantitative estimate of drug-likeness (QED) is 0.624. The SMILES string of the molecule is CCOC(=O)N1CCN(Cc2c(O)cc(C)c3c2O/C(=C/c2cc(OC)ccc2OC)C3=O)CC1. The molecule has 1 amide bonds. The summed E-state index contributed by atoms with van der Waals surface area (Å²) in [5, 5.41) is 10.8. The maximum atomic E-state index is 13.3. The van der Waals surface area contributed by atoms with Gasteiger partial charge in [-0.25, -0.2) is 4.79 Å². The monoisotopic (exact) mass is 482 g/mol. The average molecular weight is 483 g/mol. The Labute approximate surface area is 204 Å². The number of hydrogen-bond acceptors (Lipinski definition) is 8. The third-order valence-electron chi connectivity index (χ3n) is 6.22. The number of methoxy groups -OCH3 is 2. The van der Waals surface area contributed by atoms with Crippen LogP contribution in [0.25, 0.3) is 6.08 Å². The summed E-state index contributed by atoms with van der Waals surface area (Å²) < 4.78 is 21.9. The highest BCUT2D eigenvalue weighted by Gasteiger charge is 2.34. The minimum absolute atomic E-state index is 0.0714. The van der Waals surface area contributed by atoms with Gasteiger partial charge in [0, 0.05) is 38.3 Å². The number of carbonyl (C=O) groups excluding carboxylic acids is 2. The fourth-order valence-corrected chi connectivity index (χ4v) is 4.35. The molecule has 2 aromatic carbocycles. The highest BCUT2D eigenvalue weighted by Crippen LogP contribution is 2.43. The first-order valence-corrected chi connectivity index (χ1v) is 11.5. The molecule has 2 aliphatic rings. The van der Waals surface area contributed by atoms with Gasteiger partial charge in [0.2, 0.25) is 5.78 Å². The second-order valence-electron chi connectivity index (χ2n) is 8.41. The average Bonchev–Trinajstić information content (AvgIpc) is 3.18. The van der Waals surface area contributed by atoms with Gasteiger partial charge in [-0.3, -0.25) is 9.69 Å². The topological polar surface area (TPSA) is 97.8 Å². The van der Waals surface area contributed by atoms with Crippen molar-refractivity contribution in [3.05, 3.63) is 52.3 Å². The summed E-state index contributed by atoms with van der Waals surface area (Å²) in [5.74, 6) is 1.53. The van der Waals surface area contributed by atoms with Gasteiger partial charge >= 0.3 is 6.09 Å². The smallest absolute Gasteiger partial charge is 0.409 e. The molecule has 1 saturated heterocycles. The molecule has 2 heterocycles. The summed E-state index contributed by atoms with van der Waals surface area (Å²) in [7, 11) is 3.12. The fourth-order valence-electron chi connectivity index (χ4n) is 4.35. The van der Waals surface area contributed by atoms with Gasteiger partial charge < -0.3 is 29.0 Å². The van der Waals surface area contributed by atoms with Crippen LogP contribution in [0.5, 0.6) is 23.0 Å². The van der Waals surface area contributed by atoms with Crippen LogP contribution < -0.4 is 14.2 Å². The number of phenols is 1. The van der Waals surface area contributed by atoms with E-state index in [1.165, 1.54) is 0 Å². The summed E-state index contributed by atoms with van der Waals surface area (Å²) in [6.45, 7) is 6.54. The number of piperazine rings is 1. The van der Waals surface area contributed by atoms with Crippen LogP contribution in [-0.4, -0.2) is 73.8 Å². The number of phenolic OH excluding ortho intramolecular Hbond substituents is 1. The van der Waals surface area contributed by atoms with Gasteiger partial charge in [-0.15, -0.1) is 0 Å². The predicted octanol–water partition coefficient (Wildman–Crippen LogP) is 3.61. The van der Waals surface area contributed by atoms with Gasteiger partial charge in [-0.2, -0.15) is 0 Å². The lowest BCUT2D eigenvalue weighted by molar-refractivity contribution is 0.0774. The summed E-state index contributed by atoms with van der Waals surface area (Å²) >= 11 is 0. The normalized spacial score (nSPS) is 16.7. The van der Waals surface area contributed by atoms with Crippen molar-refractivity contribution >= 4 is 18.0 Å². The third-order valence-corrected chi connectivity index (χ3v) is 6.22. The highest BCUT2D eigenvalue weighted by molar-refractivity contribution is 6.16. The number of fused-ring (bicyclic) bond motifs is 1. The standard InChI is InChI=1S/C26H30N2O7/c1-5-34-26(31)28-10-8-27(9-11-28)15-19-20(29)12-16(2)23-24(30)22(35-25(19)23)14-17-13-18(32-3)6-7-21(17)33-4/h6-7,12-14,29H,5,8-11,15H2,1-4H3/b22-14+. The number of allylic oxidation sites excluding steroid dienone is 1. The van der Waals surface area contributed by atoms with Crippen LogP contribution in [0.3, 0.4) is 0 Å². The number of rotatable bonds is 6. The molecular weight excluding hydrogens is 452 g/mol. The molecule has 9 nitrogen and oxygen atoms in total. The van der Waals surface area contributed by atoms with Crippen LogP contribution in [0.1, 0.15) is 34.0 Å². The molecule has 0 spiro atoms. The molecule has 2 aromatic rings. The van der Waals surface area contributed by atoms with Crippen molar-refractivity contribution in [1.29, 1.82) is 0 Å². The molecule has 0 unspecified atom stereocenters. The number of hydrogen-bond donors (Lipinski definition) is 1. The van der Waals surface area contributed by atoms with E-state index in [-0.39, 0.29) is 23.4 Å². The molecule has 0 radical (unpaired) electrons. The van der Waals surface area contributed by atoms with Gasteiger partial charge in [0.15, 0.2) is 5.76 Å². The summed E-state index contributed by atoms with van der Waals surface area (Å²) in [6.07, 6.45) is 1.31. The molecule has 2 aliphatic heterocycles. The Balaban J connectivity index is 1.59. The number of ether oxygens (including phenoxy) is 4. The van der Waals surface area contributed by atoms with E-state index in [4.69, 9.17) is 18.9 Å². The van der Waals surface area contributed by atoms with Crippen LogP contribution in [0, 0.1) is 6.92 Å². The van der Waals surface area contributed by atoms with Crippen LogP contribution in [0.15, 0.2) is 30.0 Å². The molecule has 0 aliphatic carbocycles. The van der Waals surface area contributed by atoms with Gasteiger partial charge in [0.1, 0.15) is 23.0 Å². The van der Waals surface area contributed by atoms with Gasteiger partial charge in [-0.1, -0.05) is 0 Å². The maximum Gasteiger partial charge on any atom is 0.409 e. The fraction of sp³-hybridized carbons (Fsp3) is 0.385. The number of benzene rings is 2. The second-order valence-corrected chi connectivity index (χ2v) is 8.41. The lowest BCUT2D eigenvalue weighted by Gasteiger charge is -2.34. The molecular formula is C26H30N2O7. The molecule has 1 N–H and O–H groups in total. The van der Waals surface area contributed by atoms with E-state index >= 15 is 0 Å². The summed E-state index contributed by atoms with van der Waals surface area (Å²) in [4.78, 5) is 29.1. The lowest BCUT2D eigenvalue weighted by Crippen LogP contribution is -2.48. The Hall–Kier alpha value is -3.72. The Morgan fingerprint density at radius 1 is 1.14 bits per heavy atom. The van der Waals surface area contributed by atoms with Gasteiger partial charge in [-0.05, 0) is 49.8 Å². The molecule has 1 fully saturated rings. The minimum Gasteiger partial charge on any atom is -0.507 e. The number of nitrogens with zero attached hydrogens (tertiary/aromatic N) is 2. The third kappa shape index (κ3) is 4.90. The van der Waals surface area contributed by atoms with Crippen molar-refractivity contribution in [2.45, 2.75) is 20.4 Å². The molecule has 9 heteroatoms. The predicted molar refractivity (Wildman–Crippen MR) is 129 cm³/mol. The first-order valence-electron chi connectivity index (χ1n) is 11.5. The van der Waals surface area contributed by atoms with E-state index in [2.05, 4.69) is 4.90 Å². The molecule has 186 valence electrons. The summed E-state index contributed by atoms with van der Waals surface area (Å²) in [6, 6.07) is 6.89.